The number of carbonyl (C=O) groups excluding carboxylic acids is 2. The predicted octanol–water partition coefficient (Wildman–Crippen LogP) is 2.43. The Hall–Kier alpha value is -1.91. The second-order valence-electron chi connectivity index (χ2n) is 4.99. The van der Waals surface area contributed by atoms with Crippen LogP contribution in [0, 0.1) is 5.82 Å². The minimum absolute atomic E-state index is 0.195. The molecule has 0 heterocycles. The third-order valence-electron chi connectivity index (χ3n) is 3.38. The molecule has 1 saturated carbocycles. The highest BCUT2D eigenvalue weighted by Gasteiger charge is 2.17. The van der Waals surface area contributed by atoms with Gasteiger partial charge in [0.25, 0.3) is 5.91 Å². The van der Waals surface area contributed by atoms with Crippen LogP contribution < -0.4 is 5.32 Å². The maximum absolute atomic E-state index is 12.7. The first-order valence-corrected chi connectivity index (χ1v) is 6.87. The largest absolute Gasteiger partial charge is 0.452 e. The van der Waals surface area contributed by atoms with E-state index in [1.807, 2.05) is 0 Å². The topological polar surface area (TPSA) is 55.4 Å². The second kappa shape index (κ2) is 7.03. The molecule has 2 rings (SSSR count). The van der Waals surface area contributed by atoms with E-state index in [0.717, 1.165) is 25.7 Å². The number of benzene rings is 1. The molecule has 1 N–H and O–H groups in total. The molecule has 0 unspecified atom stereocenters. The van der Waals surface area contributed by atoms with Gasteiger partial charge in [0.1, 0.15) is 5.82 Å². The molecule has 1 aromatic carbocycles. The summed E-state index contributed by atoms with van der Waals surface area (Å²) in [6.07, 6.45) is 5.43. The Morgan fingerprint density at radius 2 is 1.80 bits per heavy atom. The summed E-state index contributed by atoms with van der Waals surface area (Å²) < 4.78 is 17.6. The fraction of sp³-hybridized carbons (Fsp3) is 0.467. The molecule has 0 atom stereocenters. The zero-order valence-corrected chi connectivity index (χ0v) is 11.2. The second-order valence-corrected chi connectivity index (χ2v) is 4.99. The monoisotopic (exact) mass is 279 g/mol. The number of carbonyl (C=O) groups is 2. The van der Waals surface area contributed by atoms with Gasteiger partial charge < -0.3 is 10.1 Å². The van der Waals surface area contributed by atoms with E-state index in [4.69, 9.17) is 4.74 Å². The lowest BCUT2D eigenvalue weighted by Gasteiger charge is -2.22. The van der Waals surface area contributed by atoms with Crippen molar-refractivity contribution < 1.29 is 18.7 Å². The molecule has 0 spiro atoms. The van der Waals surface area contributed by atoms with E-state index in [-0.39, 0.29) is 24.1 Å². The van der Waals surface area contributed by atoms with Gasteiger partial charge in [0.05, 0.1) is 5.56 Å². The Morgan fingerprint density at radius 3 is 2.45 bits per heavy atom. The molecule has 1 aliphatic rings. The van der Waals surface area contributed by atoms with Crippen LogP contribution in [0.25, 0.3) is 0 Å². The van der Waals surface area contributed by atoms with Crippen LogP contribution in [0.4, 0.5) is 4.39 Å². The van der Waals surface area contributed by atoms with E-state index in [9.17, 15) is 14.0 Å². The molecule has 1 aromatic rings. The molecule has 0 bridgehead atoms. The summed E-state index contributed by atoms with van der Waals surface area (Å²) in [5.41, 5.74) is 0.233. The molecule has 0 aromatic heterocycles. The molecule has 0 aliphatic heterocycles. The van der Waals surface area contributed by atoms with Gasteiger partial charge in [0, 0.05) is 6.04 Å². The zero-order chi connectivity index (χ0) is 14.4. The standard InChI is InChI=1S/C15H18FNO3/c16-12-8-6-11(7-9-12)15(19)20-10-14(18)17-13-4-2-1-3-5-13/h6-9,13H,1-5,10H2,(H,17,18). The van der Waals surface area contributed by atoms with E-state index in [0.29, 0.717) is 0 Å². The Kier molecular flexibility index (Phi) is 5.09. The third-order valence-corrected chi connectivity index (χ3v) is 3.38. The minimum Gasteiger partial charge on any atom is -0.452 e. The average molecular weight is 279 g/mol. The molecule has 20 heavy (non-hydrogen) atoms. The Morgan fingerprint density at radius 1 is 1.15 bits per heavy atom. The van der Waals surface area contributed by atoms with Crippen LogP contribution in [-0.2, 0) is 9.53 Å². The molecule has 1 fully saturated rings. The number of hydrogen-bond acceptors (Lipinski definition) is 3. The van der Waals surface area contributed by atoms with Crippen molar-refractivity contribution >= 4 is 11.9 Å². The van der Waals surface area contributed by atoms with Crippen LogP contribution >= 0.6 is 0 Å². The quantitative estimate of drug-likeness (QED) is 0.861. The maximum atomic E-state index is 12.7. The van der Waals surface area contributed by atoms with Gasteiger partial charge in [0.15, 0.2) is 6.61 Å². The summed E-state index contributed by atoms with van der Waals surface area (Å²) >= 11 is 0. The molecule has 0 saturated heterocycles. The number of ether oxygens (including phenoxy) is 1. The van der Waals surface area contributed by atoms with Crippen LogP contribution in [0.3, 0.4) is 0 Å². The summed E-state index contributed by atoms with van der Waals surface area (Å²) in [4.78, 5) is 23.3. The van der Waals surface area contributed by atoms with Gasteiger partial charge in [-0.05, 0) is 37.1 Å². The number of hydrogen-bond donors (Lipinski definition) is 1. The van der Waals surface area contributed by atoms with Crippen LogP contribution in [-0.4, -0.2) is 24.5 Å². The van der Waals surface area contributed by atoms with Crippen LogP contribution in [0.5, 0.6) is 0 Å². The Labute approximate surface area is 117 Å². The van der Waals surface area contributed by atoms with Gasteiger partial charge in [-0.25, -0.2) is 9.18 Å². The van der Waals surface area contributed by atoms with Crippen LogP contribution in [0.1, 0.15) is 42.5 Å². The molecule has 1 amide bonds. The lowest BCUT2D eigenvalue weighted by molar-refractivity contribution is -0.125. The summed E-state index contributed by atoms with van der Waals surface area (Å²) in [6.45, 7) is -0.299. The smallest absolute Gasteiger partial charge is 0.338 e. The Balaban J connectivity index is 1.75. The minimum atomic E-state index is -0.621. The zero-order valence-electron chi connectivity index (χ0n) is 11.2. The van der Waals surface area contributed by atoms with Crippen LogP contribution in [0.2, 0.25) is 0 Å². The first kappa shape index (κ1) is 14.5. The predicted molar refractivity (Wildman–Crippen MR) is 71.7 cm³/mol. The van der Waals surface area contributed by atoms with Crippen molar-refractivity contribution in [1.29, 1.82) is 0 Å². The lowest BCUT2D eigenvalue weighted by atomic mass is 9.95. The highest BCUT2D eigenvalue weighted by Crippen LogP contribution is 2.17. The van der Waals surface area contributed by atoms with Gasteiger partial charge in [-0.1, -0.05) is 19.3 Å². The van der Waals surface area contributed by atoms with Crippen molar-refractivity contribution in [3.8, 4) is 0 Å². The molecule has 5 heteroatoms. The first-order valence-electron chi connectivity index (χ1n) is 6.87. The fourth-order valence-corrected chi connectivity index (χ4v) is 2.32. The van der Waals surface area contributed by atoms with Gasteiger partial charge in [0.2, 0.25) is 0 Å². The SMILES string of the molecule is O=C(COC(=O)c1ccc(F)cc1)NC1CCCCC1. The molecule has 4 nitrogen and oxygen atoms in total. The van der Waals surface area contributed by atoms with E-state index in [2.05, 4.69) is 5.32 Å². The van der Waals surface area contributed by atoms with Gasteiger partial charge in [-0.2, -0.15) is 0 Å². The summed E-state index contributed by atoms with van der Waals surface area (Å²) in [6, 6.07) is 5.21. The molecule has 0 radical (unpaired) electrons. The van der Waals surface area contributed by atoms with Crippen molar-refractivity contribution in [2.75, 3.05) is 6.61 Å². The van der Waals surface area contributed by atoms with E-state index in [1.54, 1.807) is 0 Å². The fourth-order valence-electron chi connectivity index (χ4n) is 2.32. The summed E-state index contributed by atoms with van der Waals surface area (Å²) in [7, 11) is 0. The normalized spacial score (nSPS) is 15.7. The maximum Gasteiger partial charge on any atom is 0.338 e. The van der Waals surface area contributed by atoms with Crippen molar-refractivity contribution in [2.24, 2.45) is 0 Å². The van der Waals surface area contributed by atoms with Crippen molar-refractivity contribution in [1.82, 2.24) is 5.32 Å². The number of rotatable bonds is 4. The summed E-state index contributed by atoms with van der Waals surface area (Å²) in [5.74, 6) is -1.33. The number of nitrogens with one attached hydrogen (secondary N) is 1. The number of esters is 1. The highest BCUT2D eigenvalue weighted by atomic mass is 19.1. The van der Waals surface area contributed by atoms with Crippen molar-refractivity contribution in [2.45, 2.75) is 38.1 Å². The highest BCUT2D eigenvalue weighted by molar-refractivity contribution is 5.91. The third kappa shape index (κ3) is 4.33. The summed E-state index contributed by atoms with van der Waals surface area (Å²) in [5, 5.41) is 2.86. The first-order chi connectivity index (χ1) is 9.65. The average Bonchev–Trinajstić information content (AvgIpc) is 2.46. The van der Waals surface area contributed by atoms with Crippen LogP contribution in [0.15, 0.2) is 24.3 Å². The van der Waals surface area contributed by atoms with E-state index >= 15 is 0 Å². The molecule has 1 aliphatic carbocycles. The van der Waals surface area contributed by atoms with Crippen molar-refractivity contribution in [3.05, 3.63) is 35.6 Å². The van der Waals surface area contributed by atoms with Gasteiger partial charge in [-0.15, -0.1) is 0 Å². The number of amides is 1. The number of halogens is 1. The van der Waals surface area contributed by atoms with E-state index < -0.39 is 11.8 Å². The molecular weight excluding hydrogens is 261 g/mol. The van der Waals surface area contributed by atoms with Gasteiger partial charge in [-0.3, -0.25) is 4.79 Å². The van der Waals surface area contributed by atoms with E-state index in [1.165, 1.54) is 30.7 Å². The lowest BCUT2D eigenvalue weighted by Crippen LogP contribution is -2.38. The van der Waals surface area contributed by atoms with Gasteiger partial charge >= 0.3 is 5.97 Å². The van der Waals surface area contributed by atoms with Crippen molar-refractivity contribution in [3.63, 3.8) is 0 Å². The molecular formula is C15H18FNO3. The Bertz CT molecular complexity index is 467. The molecule has 108 valence electrons.